The number of ether oxygens (including phenoxy) is 1. The maximum atomic E-state index is 12.9. The van der Waals surface area contributed by atoms with Crippen molar-refractivity contribution in [2.24, 2.45) is 0 Å². The normalized spacial score (nSPS) is 18.3. The van der Waals surface area contributed by atoms with Gasteiger partial charge in [0.2, 0.25) is 10.0 Å². The average molecular weight is 361 g/mol. The molecule has 6 nitrogen and oxygen atoms in total. The van der Waals surface area contributed by atoms with Crippen LogP contribution in [0.15, 0.2) is 23.1 Å². The van der Waals surface area contributed by atoms with E-state index >= 15 is 0 Å². The van der Waals surface area contributed by atoms with E-state index in [0.29, 0.717) is 13.1 Å². The number of esters is 1. The van der Waals surface area contributed by atoms with E-state index in [1.54, 1.807) is 0 Å². The van der Waals surface area contributed by atoms with Crippen molar-refractivity contribution in [2.75, 3.05) is 26.7 Å². The van der Waals surface area contributed by atoms with Gasteiger partial charge in [0.05, 0.1) is 22.6 Å². The molecule has 1 atom stereocenters. The number of sulfonamides is 1. The van der Waals surface area contributed by atoms with Crippen molar-refractivity contribution in [1.29, 1.82) is 0 Å². The van der Waals surface area contributed by atoms with Crippen LogP contribution in [0.2, 0.25) is 5.02 Å². The zero-order valence-electron chi connectivity index (χ0n) is 13.2. The van der Waals surface area contributed by atoms with Crippen molar-refractivity contribution in [3.8, 4) is 0 Å². The van der Waals surface area contributed by atoms with Crippen LogP contribution in [0, 0.1) is 0 Å². The van der Waals surface area contributed by atoms with Crippen LogP contribution in [0.1, 0.15) is 30.1 Å². The van der Waals surface area contributed by atoms with E-state index in [1.165, 1.54) is 29.6 Å². The summed E-state index contributed by atoms with van der Waals surface area (Å²) < 4.78 is 32.0. The number of nitrogens with one attached hydrogen (secondary N) is 1. The molecule has 1 aliphatic heterocycles. The molecular formula is C15H21ClN2O4S. The van der Waals surface area contributed by atoms with Gasteiger partial charge < -0.3 is 10.1 Å². The van der Waals surface area contributed by atoms with Gasteiger partial charge in [0.25, 0.3) is 0 Å². The molecule has 8 heteroatoms. The van der Waals surface area contributed by atoms with Crippen LogP contribution in [-0.2, 0) is 14.8 Å². The van der Waals surface area contributed by atoms with Crippen molar-refractivity contribution in [3.05, 3.63) is 28.8 Å². The molecule has 2 rings (SSSR count). The number of methoxy groups -OCH3 is 1. The third-order valence-electron chi connectivity index (χ3n) is 3.84. The first-order valence-corrected chi connectivity index (χ1v) is 9.34. The Balaban J connectivity index is 2.37. The fourth-order valence-electron chi connectivity index (χ4n) is 2.67. The van der Waals surface area contributed by atoms with Gasteiger partial charge in [-0.1, -0.05) is 18.5 Å². The number of carbonyl (C=O) groups is 1. The first-order chi connectivity index (χ1) is 10.9. The van der Waals surface area contributed by atoms with Crippen molar-refractivity contribution in [3.63, 3.8) is 0 Å². The minimum atomic E-state index is -3.66. The second-order valence-electron chi connectivity index (χ2n) is 5.40. The van der Waals surface area contributed by atoms with Crippen LogP contribution in [-0.4, -0.2) is 51.5 Å². The minimum Gasteiger partial charge on any atom is -0.465 e. The Hall–Kier alpha value is -1.15. The second-order valence-corrected chi connectivity index (χ2v) is 7.69. The summed E-state index contributed by atoms with van der Waals surface area (Å²) in [6.07, 6.45) is 1.51. The van der Waals surface area contributed by atoms with Crippen LogP contribution < -0.4 is 5.32 Å². The summed E-state index contributed by atoms with van der Waals surface area (Å²) in [5.41, 5.74) is 0.151. The summed E-state index contributed by atoms with van der Waals surface area (Å²) in [6.45, 7) is 3.85. The fraction of sp³-hybridized carbons (Fsp3) is 0.533. The molecule has 1 fully saturated rings. The number of hydrogen-bond acceptors (Lipinski definition) is 5. The maximum absolute atomic E-state index is 12.9. The first kappa shape index (κ1) is 18.2. The molecule has 1 aromatic carbocycles. The molecule has 0 saturated carbocycles. The molecule has 1 unspecified atom stereocenters. The Bertz CT molecular complexity index is 672. The van der Waals surface area contributed by atoms with Crippen LogP contribution in [0.25, 0.3) is 0 Å². The highest BCUT2D eigenvalue weighted by Gasteiger charge is 2.33. The van der Waals surface area contributed by atoms with Gasteiger partial charge in [0.15, 0.2) is 0 Å². The van der Waals surface area contributed by atoms with E-state index in [1.807, 2.05) is 6.92 Å². The van der Waals surface area contributed by atoms with Gasteiger partial charge in [-0.2, -0.15) is 4.31 Å². The Labute approximate surface area is 141 Å². The molecule has 0 amide bonds. The van der Waals surface area contributed by atoms with Crippen LogP contribution >= 0.6 is 11.6 Å². The van der Waals surface area contributed by atoms with E-state index in [9.17, 15) is 13.2 Å². The van der Waals surface area contributed by atoms with Gasteiger partial charge in [0, 0.05) is 19.1 Å². The number of hydrogen-bond donors (Lipinski definition) is 1. The average Bonchev–Trinajstić information content (AvgIpc) is 3.05. The summed E-state index contributed by atoms with van der Waals surface area (Å²) in [6, 6.07) is 4.05. The van der Waals surface area contributed by atoms with Crippen molar-refractivity contribution in [1.82, 2.24) is 9.62 Å². The summed E-state index contributed by atoms with van der Waals surface area (Å²) in [7, 11) is -2.41. The predicted octanol–water partition coefficient (Wildman–Crippen LogP) is 1.89. The number of nitrogens with zero attached hydrogens (tertiary/aromatic N) is 1. The smallest absolute Gasteiger partial charge is 0.339 e. The van der Waals surface area contributed by atoms with Crippen molar-refractivity contribution in [2.45, 2.75) is 30.7 Å². The monoisotopic (exact) mass is 360 g/mol. The molecule has 0 aliphatic carbocycles. The quantitative estimate of drug-likeness (QED) is 0.784. The molecule has 0 aromatic heterocycles. The lowest BCUT2D eigenvalue weighted by Crippen LogP contribution is -2.42. The van der Waals surface area contributed by atoms with Crippen molar-refractivity contribution >= 4 is 27.6 Å². The van der Waals surface area contributed by atoms with E-state index < -0.39 is 16.0 Å². The fourth-order valence-corrected chi connectivity index (χ4v) is 4.77. The predicted molar refractivity (Wildman–Crippen MR) is 88.2 cm³/mol. The Kier molecular flexibility index (Phi) is 6.02. The molecule has 23 heavy (non-hydrogen) atoms. The maximum Gasteiger partial charge on any atom is 0.339 e. The Morgan fingerprint density at radius 2 is 2.22 bits per heavy atom. The summed E-state index contributed by atoms with van der Waals surface area (Å²) in [4.78, 5) is 11.7. The lowest BCUT2D eigenvalue weighted by Gasteiger charge is -2.27. The molecule has 0 radical (unpaired) electrons. The largest absolute Gasteiger partial charge is 0.465 e. The van der Waals surface area contributed by atoms with Crippen LogP contribution in [0.5, 0.6) is 0 Å². The standard InChI is InChI=1S/C15H21ClN2O4S/c1-3-8-18(11-6-7-17-10-11)23(20,21)12-4-5-13(14(16)9-12)15(19)22-2/h4-5,9,11,17H,3,6-8,10H2,1-2H3. The van der Waals surface area contributed by atoms with Gasteiger partial charge in [-0.3, -0.25) is 0 Å². The molecule has 1 heterocycles. The van der Waals surface area contributed by atoms with E-state index in [-0.39, 0.29) is 21.5 Å². The topological polar surface area (TPSA) is 75.7 Å². The zero-order valence-corrected chi connectivity index (χ0v) is 14.8. The highest BCUT2D eigenvalue weighted by atomic mass is 35.5. The summed E-state index contributed by atoms with van der Waals surface area (Å²) in [5.74, 6) is -0.593. The lowest BCUT2D eigenvalue weighted by molar-refractivity contribution is 0.0601. The van der Waals surface area contributed by atoms with E-state index in [0.717, 1.165) is 19.4 Å². The number of halogens is 1. The van der Waals surface area contributed by atoms with Gasteiger partial charge >= 0.3 is 5.97 Å². The van der Waals surface area contributed by atoms with E-state index in [4.69, 9.17) is 11.6 Å². The molecule has 1 aliphatic rings. The zero-order chi connectivity index (χ0) is 17.0. The summed E-state index contributed by atoms with van der Waals surface area (Å²) in [5, 5.41) is 3.25. The van der Waals surface area contributed by atoms with E-state index in [2.05, 4.69) is 10.1 Å². The van der Waals surface area contributed by atoms with Gasteiger partial charge in [-0.15, -0.1) is 0 Å². The third-order valence-corrected chi connectivity index (χ3v) is 6.10. The highest BCUT2D eigenvalue weighted by Crippen LogP contribution is 2.26. The molecule has 0 bridgehead atoms. The lowest BCUT2D eigenvalue weighted by atomic mass is 10.2. The summed E-state index contributed by atoms with van der Waals surface area (Å²) >= 11 is 6.05. The third kappa shape index (κ3) is 3.85. The molecule has 0 spiro atoms. The van der Waals surface area contributed by atoms with Gasteiger partial charge in [-0.05, 0) is 37.6 Å². The molecule has 128 valence electrons. The Morgan fingerprint density at radius 3 is 2.74 bits per heavy atom. The highest BCUT2D eigenvalue weighted by molar-refractivity contribution is 7.89. The van der Waals surface area contributed by atoms with Crippen molar-refractivity contribution < 1.29 is 17.9 Å². The number of benzene rings is 1. The molecular weight excluding hydrogens is 340 g/mol. The molecule has 1 aromatic rings. The second kappa shape index (κ2) is 7.61. The SMILES string of the molecule is CCCN(C1CCNC1)S(=O)(=O)c1ccc(C(=O)OC)c(Cl)c1. The van der Waals surface area contributed by atoms with Gasteiger partial charge in [-0.25, -0.2) is 13.2 Å². The molecule has 1 N–H and O–H groups in total. The number of rotatable bonds is 6. The minimum absolute atomic E-state index is 0.0565. The van der Waals surface area contributed by atoms with Crippen LogP contribution in [0.4, 0.5) is 0 Å². The molecule has 1 saturated heterocycles. The van der Waals surface area contributed by atoms with Gasteiger partial charge in [0.1, 0.15) is 0 Å². The Morgan fingerprint density at radius 1 is 1.48 bits per heavy atom. The first-order valence-electron chi connectivity index (χ1n) is 7.52. The number of carbonyl (C=O) groups excluding carboxylic acids is 1. The van der Waals surface area contributed by atoms with Crippen LogP contribution in [0.3, 0.4) is 0 Å².